The molecule has 0 spiro atoms. The molecule has 2 N–H and O–H groups in total. The zero-order valence-corrected chi connectivity index (χ0v) is 18.8. The summed E-state index contributed by atoms with van der Waals surface area (Å²) >= 11 is 0. The third-order valence-corrected chi connectivity index (χ3v) is 5.07. The Labute approximate surface area is 169 Å². The first-order valence-electron chi connectivity index (χ1n) is 9.23. The average Bonchev–Trinajstić information content (AvgIpc) is 2.83. The predicted octanol–water partition coefficient (Wildman–Crippen LogP) is 2.58. The second-order valence-corrected chi connectivity index (χ2v) is 6.81. The van der Waals surface area contributed by atoms with E-state index in [0.29, 0.717) is 6.04 Å². The number of hydrogen-bond acceptors (Lipinski definition) is 3. The van der Waals surface area contributed by atoms with E-state index in [-0.39, 0.29) is 24.0 Å². The zero-order valence-electron chi connectivity index (χ0n) is 16.4. The summed E-state index contributed by atoms with van der Waals surface area (Å²) in [5.41, 5.74) is 3.55. The van der Waals surface area contributed by atoms with Crippen molar-refractivity contribution >= 4 is 29.9 Å². The number of aromatic nitrogens is 2. The summed E-state index contributed by atoms with van der Waals surface area (Å²) in [6.07, 6.45) is 4.97. The molecule has 0 atom stereocenters. The van der Waals surface area contributed by atoms with Gasteiger partial charge in [0.25, 0.3) is 0 Å². The second-order valence-electron chi connectivity index (χ2n) is 6.81. The van der Waals surface area contributed by atoms with E-state index >= 15 is 0 Å². The van der Waals surface area contributed by atoms with Gasteiger partial charge in [-0.2, -0.15) is 5.10 Å². The zero-order chi connectivity index (χ0) is 17.5. The fourth-order valence-corrected chi connectivity index (χ4v) is 3.32. The van der Waals surface area contributed by atoms with Crippen LogP contribution in [0.5, 0.6) is 0 Å². The number of halogens is 1. The Morgan fingerprint density at radius 2 is 1.96 bits per heavy atom. The van der Waals surface area contributed by atoms with Crippen LogP contribution in [0.3, 0.4) is 0 Å². The predicted molar refractivity (Wildman–Crippen MR) is 116 cm³/mol. The number of nitrogens with zero attached hydrogens (tertiary/aromatic N) is 4. The SMILES string of the molecule is CCCCN1CCC(NC(=NC)NCc2c(C)nn(C)c2C)CC1.I. The number of nitrogens with one attached hydrogen (secondary N) is 2. The molecule has 25 heavy (non-hydrogen) atoms. The molecular formula is C18H35IN6. The van der Waals surface area contributed by atoms with Crippen molar-refractivity contribution < 1.29 is 0 Å². The smallest absolute Gasteiger partial charge is 0.191 e. The Hall–Kier alpha value is -0.830. The van der Waals surface area contributed by atoms with Crippen molar-refractivity contribution in [2.45, 2.75) is 59.0 Å². The van der Waals surface area contributed by atoms with E-state index in [1.807, 2.05) is 18.8 Å². The van der Waals surface area contributed by atoms with E-state index in [4.69, 9.17) is 0 Å². The van der Waals surface area contributed by atoms with E-state index in [0.717, 1.165) is 18.2 Å². The van der Waals surface area contributed by atoms with Crippen LogP contribution in [-0.2, 0) is 13.6 Å². The van der Waals surface area contributed by atoms with Crippen LogP contribution in [-0.4, -0.2) is 53.4 Å². The van der Waals surface area contributed by atoms with E-state index in [1.165, 1.54) is 56.6 Å². The molecule has 2 rings (SSSR count). The number of hydrogen-bond donors (Lipinski definition) is 2. The van der Waals surface area contributed by atoms with E-state index in [9.17, 15) is 0 Å². The Morgan fingerprint density at radius 1 is 1.28 bits per heavy atom. The van der Waals surface area contributed by atoms with Crippen LogP contribution in [0, 0.1) is 13.8 Å². The number of aliphatic imine (C=N–C) groups is 1. The van der Waals surface area contributed by atoms with Gasteiger partial charge in [-0.1, -0.05) is 13.3 Å². The lowest BCUT2D eigenvalue weighted by atomic mass is 10.0. The summed E-state index contributed by atoms with van der Waals surface area (Å²) in [6, 6.07) is 0.519. The van der Waals surface area contributed by atoms with Crippen molar-refractivity contribution in [2.75, 3.05) is 26.7 Å². The van der Waals surface area contributed by atoms with Crippen molar-refractivity contribution in [3.63, 3.8) is 0 Å². The topological polar surface area (TPSA) is 57.5 Å². The van der Waals surface area contributed by atoms with Gasteiger partial charge in [-0.15, -0.1) is 24.0 Å². The van der Waals surface area contributed by atoms with Gasteiger partial charge >= 0.3 is 0 Å². The molecule has 0 unspecified atom stereocenters. The molecule has 2 heterocycles. The number of guanidine groups is 1. The molecule has 1 saturated heterocycles. The van der Waals surface area contributed by atoms with Crippen LogP contribution in [0.2, 0.25) is 0 Å². The summed E-state index contributed by atoms with van der Waals surface area (Å²) in [5.74, 6) is 0.893. The minimum Gasteiger partial charge on any atom is -0.354 e. The van der Waals surface area contributed by atoms with Gasteiger partial charge in [0.05, 0.1) is 5.69 Å². The highest BCUT2D eigenvalue weighted by Gasteiger charge is 2.19. The average molecular weight is 462 g/mol. The Bertz CT molecular complexity index is 546. The molecule has 1 aliphatic rings. The van der Waals surface area contributed by atoms with Crippen LogP contribution >= 0.6 is 24.0 Å². The third-order valence-electron chi connectivity index (χ3n) is 5.07. The number of likely N-dealkylation sites (tertiary alicyclic amines) is 1. The van der Waals surface area contributed by atoms with Gasteiger partial charge in [0.1, 0.15) is 0 Å². The maximum Gasteiger partial charge on any atom is 0.191 e. The summed E-state index contributed by atoms with van der Waals surface area (Å²) in [7, 11) is 3.83. The molecule has 1 aromatic heterocycles. The van der Waals surface area contributed by atoms with E-state index in [1.54, 1.807) is 0 Å². The maximum atomic E-state index is 4.47. The first-order valence-corrected chi connectivity index (χ1v) is 9.23. The molecule has 0 aliphatic carbocycles. The summed E-state index contributed by atoms with van der Waals surface area (Å²) in [5, 5.41) is 11.5. The van der Waals surface area contributed by atoms with Crippen molar-refractivity contribution in [3.05, 3.63) is 17.0 Å². The minimum absolute atomic E-state index is 0. The number of aryl methyl sites for hydroxylation is 2. The van der Waals surface area contributed by atoms with Gasteiger partial charge in [-0.3, -0.25) is 9.67 Å². The number of unbranched alkanes of at least 4 members (excludes halogenated alkanes) is 1. The molecule has 1 aromatic rings. The summed E-state index contributed by atoms with van der Waals surface area (Å²) in [4.78, 5) is 6.97. The third kappa shape index (κ3) is 6.44. The highest BCUT2D eigenvalue weighted by molar-refractivity contribution is 14.0. The van der Waals surface area contributed by atoms with Gasteiger partial charge in [0.2, 0.25) is 0 Å². The Balaban J connectivity index is 0.00000312. The molecule has 1 fully saturated rings. The molecule has 0 saturated carbocycles. The lowest BCUT2D eigenvalue weighted by molar-refractivity contribution is 0.203. The van der Waals surface area contributed by atoms with Crippen LogP contribution in [0.1, 0.15) is 49.6 Å². The first kappa shape index (κ1) is 22.2. The molecular weight excluding hydrogens is 427 g/mol. The quantitative estimate of drug-likeness (QED) is 0.388. The van der Waals surface area contributed by atoms with Gasteiger partial charge < -0.3 is 15.5 Å². The van der Waals surface area contributed by atoms with Crippen molar-refractivity contribution in [2.24, 2.45) is 12.0 Å². The summed E-state index contributed by atoms with van der Waals surface area (Å²) < 4.78 is 1.94. The lowest BCUT2D eigenvalue weighted by Gasteiger charge is -2.33. The normalized spacial score (nSPS) is 16.6. The van der Waals surface area contributed by atoms with Gasteiger partial charge in [-0.25, -0.2) is 0 Å². The highest BCUT2D eigenvalue weighted by atomic mass is 127. The molecule has 144 valence electrons. The monoisotopic (exact) mass is 462 g/mol. The second kappa shape index (κ2) is 11.0. The van der Waals surface area contributed by atoms with Crippen molar-refractivity contribution in [1.82, 2.24) is 25.3 Å². The number of rotatable bonds is 6. The van der Waals surface area contributed by atoms with Crippen LogP contribution in [0.25, 0.3) is 0 Å². The molecule has 7 heteroatoms. The Kier molecular flexibility index (Phi) is 9.78. The maximum absolute atomic E-state index is 4.47. The molecule has 0 bridgehead atoms. The van der Waals surface area contributed by atoms with E-state index < -0.39 is 0 Å². The van der Waals surface area contributed by atoms with Gasteiger partial charge in [0, 0.05) is 51.0 Å². The first-order chi connectivity index (χ1) is 11.5. The number of piperidine rings is 1. The standard InChI is InChI=1S/C18H34N6.HI/c1-6-7-10-24-11-8-16(9-12-24)21-18(19-4)20-13-17-14(2)22-23(5)15(17)3;/h16H,6-13H2,1-5H3,(H2,19,20,21);1H. The minimum atomic E-state index is 0. The largest absolute Gasteiger partial charge is 0.354 e. The Morgan fingerprint density at radius 3 is 2.48 bits per heavy atom. The molecule has 0 amide bonds. The van der Waals surface area contributed by atoms with Gasteiger partial charge in [0.15, 0.2) is 5.96 Å². The highest BCUT2D eigenvalue weighted by Crippen LogP contribution is 2.12. The van der Waals surface area contributed by atoms with E-state index in [2.05, 4.69) is 46.4 Å². The van der Waals surface area contributed by atoms with Crippen LogP contribution in [0.15, 0.2) is 4.99 Å². The fourth-order valence-electron chi connectivity index (χ4n) is 3.32. The van der Waals surface area contributed by atoms with Crippen molar-refractivity contribution in [1.29, 1.82) is 0 Å². The molecule has 0 aromatic carbocycles. The molecule has 0 radical (unpaired) electrons. The van der Waals surface area contributed by atoms with Crippen LogP contribution in [0.4, 0.5) is 0 Å². The lowest BCUT2D eigenvalue weighted by Crippen LogP contribution is -2.48. The van der Waals surface area contributed by atoms with Crippen molar-refractivity contribution in [3.8, 4) is 0 Å². The van der Waals surface area contributed by atoms with Gasteiger partial charge in [-0.05, 0) is 39.7 Å². The fraction of sp³-hybridized carbons (Fsp3) is 0.778. The van der Waals surface area contributed by atoms with Crippen LogP contribution < -0.4 is 10.6 Å². The molecule has 1 aliphatic heterocycles. The molecule has 6 nitrogen and oxygen atoms in total. The summed E-state index contributed by atoms with van der Waals surface area (Å²) in [6.45, 7) is 10.8.